The number of alkyl halides is 2. The van der Waals surface area contributed by atoms with E-state index in [-0.39, 0.29) is 34.9 Å². The van der Waals surface area contributed by atoms with Crippen LogP contribution in [0.25, 0.3) is 0 Å². The van der Waals surface area contributed by atoms with Gasteiger partial charge in [-0.15, -0.1) is 12.4 Å². The highest BCUT2D eigenvalue weighted by molar-refractivity contribution is 6.30. The summed E-state index contributed by atoms with van der Waals surface area (Å²) in [6.45, 7) is 2.01. The fourth-order valence-electron chi connectivity index (χ4n) is 5.31. The van der Waals surface area contributed by atoms with Gasteiger partial charge in [-0.1, -0.05) is 29.8 Å². The number of nitrogens with one attached hydrogen (secondary N) is 2. The molecule has 1 spiro atoms. The molecule has 1 aromatic heterocycles. The lowest BCUT2D eigenvalue weighted by Gasteiger charge is -2.38. The fourth-order valence-corrected chi connectivity index (χ4v) is 5.47. The second kappa shape index (κ2) is 9.76. The minimum atomic E-state index is -2.85. The predicted octanol–water partition coefficient (Wildman–Crippen LogP) is 4.27. The average Bonchev–Trinajstić information content (AvgIpc) is 3.03. The number of fused-ring (bicyclic) bond motifs is 2. The Balaban J connectivity index is 0.00000274. The molecule has 2 N–H and O–H groups in total. The molecular weight excluding hydrogens is 485 g/mol. The van der Waals surface area contributed by atoms with Gasteiger partial charge in [0.15, 0.2) is 0 Å². The van der Waals surface area contributed by atoms with E-state index in [1.54, 1.807) is 0 Å². The van der Waals surface area contributed by atoms with Crippen LogP contribution in [0.1, 0.15) is 53.7 Å². The normalized spacial score (nSPS) is 22.8. The van der Waals surface area contributed by atoms with E-state index in [9.17, 15) is 18.4 Å². The molecule has 2 aromatic rings. The zero-order valence-electron chi connectivity index (χ0n) is 18.4. The number of hydrogen-bond acceptors (Lipinski definition) is 4. The zero-order valence-corrected chi connectivity index (χ0v) is 20.0. The Bertz CT molecular complexity index is 1090. The van der Waals surface area contributed by atoms with Crippen molar-refractivity contribution in [1.82, 2.24) is 15.6 Å². The summed E-state index contributed by atoms with van der Waals surface area (Å²) < 4.78 is 26.5. The Kier molecular flexibility index (Phi) is 7.12. The van der Waals surface area contributed by atoms with Crippen LogP contribution in [0.2, 0.25) is 5.02 Å². The quantitative estimate of drug-likeness (QED) is 0.629. The van der Waals surface area contributed by atoms with Crippen LogP contribution < -0.4 is 15.5 Å². The van der Waals surface area contributed by atoms with E-state index in [2.05, 4.69) is 21.7 Å². The lowest BCUT2D eigenvalue weighted by molar-refractivity contribution is -0.125. The molecule has 1 saturated carbocycles. The van der Waals surface area contributed by atoms with E-state index in [4.69, 9.17) is 11.6 Å². The summed E-state index contributed by atoms with van der Waals surface area (Å²) in [5.41, 5.74) is 0.955. The van der Waals surface area contributed by atoms with Crippen LogP contribution in [0.5, 0.6) is 0 Å². The number of anilines is 1. The van der Waals surface area contributed by atoms with Crippen molar-refractivity contribution in [3.05, 3.63) is 58.4 Å². The molecule has 1 aliphatic carbocycles. The van der Waals surface area contributed by atoms with Crippen molar-refractivity contribution in [2.24, 2.45) is 5.92 Å². The summed E-state index contributed by atoms with van der Waals surface area (Å²) in [4.78, 5) is 31.5. The molecule has 0 atom stereocenters. The maximum Gasteiger partial charge on any atom is 0.281 e. The molecule has 0 radical (unpaired) electrons. The second-order valence-electron chi connectivity index (χ2n) is 9.20. The van der Waals surface area contributed by atoms with Crippen molar-refractivity contribution in [2.75, 3.05) is 24.5 Å². The van der Waals surface area contributed by atoms with Gasteiger partial charge in [-0.25, -0.2) is 8.78 Å². The Morgan fingerprint density at radius 2 is 1.94 bits per heavy atom. The molecule has 182 valence electrons. The molecule has 2 aliphatic heterocycles. The first-order chi connectivity index (χ1) is 15.9. The molecule has 3 aliphatic rings. The first-order valence-electron chi connectivity index (χ1n) is 11.3. The number of pyridine rings is 1. The van der Waals surface area contributed by atoms with Gasteiger partial charge in [0.05, 0.1) is 10.6 Å². The van der Waals surface area contributed by atoms with Gasteiger partial charge >= 0.3 is 0 Å². The number of para-hydroxylation sites is 1. The topological polar surface area (TPSA) is 74.3 Å². The molecule has 0 unspecified atom stereocenters. The third kappa shape index (κ3) is 4.27. The van der Waals surface area contributed by atoms with E-state index in [0.717, 1.165) is 43.1 Å². The number of benzene rings is 1. The van der Waals surface area contributed by atoms with Gasteiger partial charge in [0, 0.05) is 37.6 Å². The van der Waals surface area contributed by atoms with Crippen molar-refractivity contribution in [3.8, 4) is 0 Å². The van der Waals surface area contributed by atoms with Crippen molar-refractivity contribution < 1.29 is 18.4 Å². The number of aromatic nitrogens is 1. The van der Waals surface area contributed by atoms with E-state index in [1.165, 1.54) is 6.07 Å². The van der Waals surface area contributed by atoms with Gasteiger partial charge in [0.1, 0.15) is 11.1 Å². The largest absolute Gasteiger partial charge is 0.349 e. The van der Waals surface area contributed by atoms with Gasteiger partial charge < -0.3 is 15.5 Å². The molecule has 1 saturated heterocycles. The third-order valence-electron chi connectivity index (χ3n) is 7.18. The van der Waals surface area contributed by atoms with Gasteiger partial charge in [0.2, 0.25) is 5.91 Å². The second-order valence-corrected chi connectivity index (χ2v) is 9.63. The van der Waals surface area contributed by atoms with Crippen molar-refractivity contribution in [1.29, 1.82) is 0 Å². The molecule has 5 rings (SSSR count). The van der Waals surface area contributed by atoms with E-state index in [0.29, 0.717) is 25.6 Å². The van der Waals surface area contributed by atoms with Crippen LogP contribution in [0.3, 0.4) is 0 Å². The average molecular weight is 511 g/mol. The molecular formula is C24H26Cl2F2N4O2. The number of hydrogen-bond donors (Lipinski definition) is 2. The summed E-state index contributed by atoms with van der Waals surface area (Å²) in [7, 11) is 0. The molecule has 2 fully saturated rings. The number of amides is 2. The Morgan fingerprint density at radius 3 is 2.59 bits per heavy atom. The summed E-state index contributed by atoms with van der Waals surface area (Å²) in [5, 5.41) is 6.25. The molecule has 2 amide bonds. The minimum Gasteiger partial charge on any atom is -0.349 e. The number of carbonyl (C=O) groups is 2. The Morgan fingerprint density at radius 1 is 1.24 bits per heavy atom. The fraction of sp³-hybridized carbons (Fsp3) is 0.458. The van der Waals surface area contributed by atoms with Gasteiger partial charge in [-0.2, -0.15) is 0 Å². The van der Waals surface area contributed by atoms with E-state index >= 15 is 0 Å². The molecule has 6 nitrogen and oxygen atoms in total. The van der Waals surface area contributed by atoms with Crippen molar-refractivity contribution in [3.63, 3.8) is 0 Å². The summed E-state index contributed by atoms with van der Waals surface area (Å²) in [6, 6.07) is 9.15. The lowest BCUT2D eigenvalue weighted by Crippen LogP contribution is -2.62. The third-order valence-corrected chi connectivity index (χ3v) is 7.38. The highest BCUT2D eigenvalue weighted by atomic mass is 35.5. The summed E-state index contributed by atoms with van der Waals surface area (Å²) in [5.74, 6) is -0.0829. The smallest absolute Gasteiger partial charge is 0.281 e. The lowest BCUT2D eigenvalue weighted by atomic mass is 9.76. The highest BCUT2D eigenvalue weighted by Gasteiger charge is 2.54. The standard InChI is InChI=1S/C24H25ClF2N4O2.ClH/c25-15-9-17(20(21(26)27)29-10-15)22(32)30-16-7-5-14(6-8-16)11-31-19-4-2-1-3-18(19)24(23(31)33)12-28-13-24;/h1-4,9-10,14,16,21,28H,5-8,11-13H2,(H,30,32);1H/t14-,16-;. The minimum absolute atomic E-state index is 0. The first kappa shape index (κ1) is 24.8. The number of carbonyl (C=O) groups excluding carboxylic acids is 2. The Hall–Kier alpha value is -2.29. The maximum absolute atomic E-state index is 13.3. The van der Waals surface area contributed by atoms with Gasteiger partial charge in [-0.3, -0.25) is 14.6 Å². The summed E-state index contributed by atoms with van der Waals surface area (Å²) >= 11 is 5.87. The summed E-state index contributed by atoms with van der Waals surface area (Å²) in [6.07, 6.45) is 1.41. The molecule has 0 bridgehead atoms. The predicted molar refractivity (Wildman–Crippen MR) is 128 cm³/mol. The Labute approximate surface area is 207 Å². The molecule has 10 heteroatoms. The van der Waals surface area contributed by atoms with Crippen LogP contribution in [-0.2, 0) is 10.2 Å². The van der Waals surface area contributed by atoms with E-state index in [1.807, 2.05) is 23.1 Å². The van der Waals surface area contributed by atoms with Crippen molar-refractivity contribution >= 4 is 41.5 Å². The molecule has 1 aromatic carbocycles. The van der Waals surface area contributed by atoms with Crippen LogP contribution in [-0.4, -0.2) is 42.5 Å². The van der Waals surface area contributed by atoms with Crippen LogP contribution in [0.15, 0.2) is 36.5 Å². The van der Waals surface area contributed by atoms with E-state index < -0.39 is 23.4 Å². The number of halogens is 4. The van der Waals surface area contributed by atoms with Crippen LogP contribution >= 0.6 is 24.0 Å². The highest BCUT2D eigenvalue weighted by Crippen LogP contribution is 2.45. The molecule has 3 heterocycles. The monoisotopic (exact) mass is 510 g/mol. The number of rotatable bonds is 5. The number of nitrogens with zero attached hydrogens (tertiary/aromatic N) is 2. The van der Waals surface area contributed by atoms with Gasteiger partial charge in [0.25, 0.3) is 12.3 Å². The zero-order chi connectivity index (χ0) is 23.2. The maximum atomic E-state index is 13.3. The van der Waals surface area contributed by atoms with Crippen LogP contribution in [0, 0.1) is 5.92 Å². The molecule has 34 heavy (non-hydrogen) atoms. The van der Waals surface area contributed by atoms with Gasteiger partial charge in [-0.05, 0) is 49.3 Å². The van der Waals surface area contributed by atoms with Crippen molar-refractivity contribution in [2.45, 2.75) is 43.6 Å². The first-order valence-corrected chi connectivity index (χ1v) is 11.6. The van der Waals surface area contributed by atoms with Crippen LogP contribution in [0.4, 0.5) is 14.5 Å². The SMILES string of the molecule is Cl.O=C(N[C@H]1CC[C@H](CN2C(=O)C3(CNC3)c3ccccc32)CC1)c1cc(Cl)cnc1C(F)F.